The summed E-state index contributed by atoms with van der Waals surface area (Å²) < 4.78 is 63.5. The van der Waals surface area contributed by atoms with Crippen LogP contribution in [-0.2, 0) is 9.59 Å². The minimum absolute atomic E-state index is 0.822. The fourth-order valence-corrected chi connectivity index (χ4v) is 0.453. The highest BCUT2D eigenvalue weighted by molar-refractivity contribution is 5.73. The van der Waals surface area contributed by atoms with Gasteiger partial charge in [0, 0.05) is 5.69 Å². The lowest BCUT2D eigenvalue weighted by Crippen LogP contribution is -2.21. The van der Waals surface area contributed by atoms with Gasteiger partial charge in [-0.15, -0.1) is 0 Å². The number of hydrogen-bond donors (Lipinski definition) is 3. The zero-order valence-electron chi connectivity index (χ0n) is 9.94. The summed E-state index contributed by atoms with van der Waals surface area (Å²) in [7, 11) is 0. The van der Waals surface area contributed by atoms with E-state index in [1.807, 2.05) is 30.3 Å². The van der Waals surface area contributed by atoms with Crippen LogP contribution in [0.25, 0.3) is 0 Å². The molecular weight excluding hydrogens is 312 g/mol. The number of carbonyl (C=O) groups is 2. The number of anilines is 1. The Kier molecular flexibility index (Phi) is 8.60. The average molecular weight is 321 g/mol. The summed E-state index contributed by atoms with van der Waals surface area (Å²) >= 11 is 0. The molecule has 1 rings (SSSR count). The number of para-hydroxylation sites is 1. The van der Waals surface area contributed by atoms with Crippen molar-refractivity contribution >= 4 is 17.6 Å². The van der Waals surface area contributed by atoms with Crippen LogP contribution in [0.15, 0.2) is 30.3 Å². The van der Waals surface area contributed by atoms with Crippen LogP contribution < -0.4 is 5.73 Å². The van der Waals surface area contributed by atoms with Gasteiger partial charge >= 0.3 is 24.3 Å². The predicted molar refractivity (Wildman–Crippen MR) is 58.2 cm³/mol. The van der Waals surface area contributed by atoms with E-state index in [4.69, 9.17) is 25.5 Å². The molecule has 0 aromatic heterocycles. The van der Waals surface area contributed by atoms with E-state index in [1.165, 1.54) is 0 Å². The predicted octanol–water partition coefficient (Wildman–Crippen LogP) is 2.54. The molecule has 1 aromatic rings. The van der Waals surface area contributed by atoms with E-state index in [9.17, 15) is 26.3 Å². The second-order valence-corrected chi connectivity index (χ2v) is 3.02. The molecule has 0 saturated carbocycles. The highest BCUT2D eigenvalue weighted by atomic mass is 19.4. The van der Waals surface area contributed by atoms with Gasteiger partial charge in [0.2, 0.25) is 0 Å². The van der Waals surface area contributed by atoms with Crippen molar-refractivity contribution in [2.75, 3.05) is 5.73 Å². The van der Waals surface area contributed by atoms with Crippen molar-refractivity contribution in [3.63, 3.8) is 0 Å². The third-order valence-corrected chi connectivity index (χ3v) is 1.28. The Labute approximate surface area is 113 Å². The molecule has 0 aliphatic rings. The first-order valence-corrected chi connectivity index (χ1v) is 4.69. The fourth-order valence-electron chi connectivity index (χ4n) is 0.453. The molecule has 11 heteroatoms. The minimum atomic E-state index is -5.08. The summed E-state index contributed by atoms with van der Waals surface area (Å²) in [5.74, 6) is -5.51. The normalized spacial score (nSPS) is 10.4. The number of rotatable bonds is 0. The van der Waals surface area contributed by atoms with Gasteiger partial charge in [-0.25, -0.2) is 9.59 Å². The summed E-state index contributed by atoms with van der Waals surface area (Å²) in [6.07, 6.45) is -10.2. The lowest BCUT2D eigenvalue weighted by Gasteiger charge is -1.93. The van der Waals surface area contributed by atoms with Crippen molar-refractivity contribution in [2.45, 2.75) is 12.4 Å². The summed E-state index contributed by atoms with van der Waals surface area (Å²) in [6.45, 7) is 0. The molecule has 21 heavy (non-hydrogen) atoms. The highest BCUT2D eigenvalue weighted by Gasteiger charge is 2.38. The second-order valence-electron chi connectivity index (χ2n) is 3.02. The Morgan fingerprint density at radius 2 is 1.05 bits per heavy atom. The Morgan fingerprint density at radius 3 is 1.14 bits per heavy atom. The van der Waals surface area contributed by atoms with Crippen molar-refractivity contribution in [3.8, 4) is 0 Å². The molecule has 1 aromatic carbocycles. The van der Waals surface area contributed by atoms with Gasteiger partial charge in [0.25, 0.3) is 0 Å². The molecule has 0 amide bonds. The van der Waals surface area contributed by atoms with Crippen molar-refractivity contribution in [1.82, 2.24) is 0 Å². The zero-order valence-corrected chi connectivity index (χ0v) is 9.94. The number of nitrogens with two attached hydrogens (primary N) is 1. The molecule has 4 N–H and O–H groups in total. The number of aliphatic carboxylic acids is 2. The number of benzene rings is 1. The maximum absolute atomic E-state index is 10.6. The number of halogens is 6. The first-order valence-electron chi connectivity index (χ1n) is 4.69. The van der Waals surface area contributed by atoms with Crippen LogP contribution >= 0.6 is 0 Å². The molecule has 0 aliphatic carbocycles. The van der Waals surface area contributed by atoms with E-state index >= 15 is 0 Å². The number of carboxylic acid groups (broad SMARTS) is 2. The Morgan fingerprint density at radius 1 is 0.810 bits per heavy atom. The van der Waals surface area contributed by atoms with E-state index in [2.05, 4.69) is 0 Å². The molecule has 0 fully saturated rings. The molecule has 0 saturated heterocycles. The van der Waals surface area contributed by atoms with Gasteiger partial charge in [-0.3, -0.25) is 0 Å². The number of alkyl halides is 6. The van der Waals surface area contributed by atoms with Crippen LogP contribution in [0.4, 0.5) is 32.0 Å². The SMILES string of the molecule is Nc1ccccc1.O=C(O)C(F)(F)F.O=C(O)C(F)(F)F. The second kappa shape index (κ2) is 8.66. The van der Waals surface area contributed by atoms with Gasteiger partial charge in [-0.05, 0) is 12.1 Å². The fraction of sp³-hybridized carbons (Fsp3) is 0.200. The quantitative estimate of drug-likeness (QED) is 0.503. The summed E-state index contributed by atoms with van der Waals surface area (Å²) in [5, 5.41) is 14.2. The van der Waals surface area contributed by atoms with E-state index in [-0.39, 0.29) is 0 Å². The van der Waals surface area contributed by atoms with Gasteiger partial charge < -0.3 is 15.9 Å². The molecule has 0 aliphatic heterocycles. The first-order chi connectivity index (χ1) is 9.28. The minimum Gasteiger partial charge on any atom is -0.475 e. The lowest BCUT2D eigenvalue weighted by molar-refractivity contribution is -0.193. The average Bonchev–Trinajstić information content (AvgIpc) is 2.28. The van der Waals surface area contributed by atoms with Crippen LogP contribution in [0.5, 0.6) is 0 Å². The van der Waals surface area contributed by atoms with E-state index < -0.39 is 24.3 Å². The largest absolute Gasteiger partial charge is 0.490 e. The van der Waals surface area contributed by atoms with Crippen LogP contribution in [0.3, 0.4) is 0 Å². The maximum Gasteiger partial charge on any atom is 0.490 e. The molecular formula is C10H9F6NO4. The number of nitrogen functional groups attached to an aromatic ring is 1. The smallest absolute Gasteiger partial charge is 0.475 e. The van der Waals surface area contributed by atoms with Gasteiger partial charge in [-0.2, -0.15) is 26.3 Å². The molecule has 0 radical (unpaired) electrons. The monoisotopic (exact) mass is 321 g/mol. The maximum atomic E-state index is 10.6. The van der Waals surface area contributed by atoms with E-state index in [0.29, 0.717) is 0 Å². The molecule has 0 heterocycles. The van der Waals surface area contributed by atoms with Crippen molar-refractivity contribution in [3.05, 3.63) is 30.3 Å². The summed E-state index contributed by atoms with van der Waals surface area (Å²) in [4.78, 5) is 17.8. The van der Waals surface area contributed by atoms with Crippen LogP contribution in [0.1, 0.15) is 0 Å². The van der Waals surface area contributed by atoms with E-state index in [1.54, 1.807) is 0 Å². The molecule has 0 unspecified atom stereocenters. The summed E-state index contributed by atoms with van der Waals surface area (Å²) in [6, 6.07) is 9.49. The molecule has 0 bridgehead atoms. The standard InChI is InChI=1S/C6H7N.2C2HF3O2/c7-6-4-2-1-3-5-6;2*3-2(4,5)1(6)7/h1-5H,7H2;2*(H,6,7). The highest BCUT2D eigenvalue weighted by Crippen LogP contribution is 2.13. The summed E-state index contributed by atoms with van der Waals surface area (Å²) in [5.41, 5.74) is 6.18. The lowest BCUT2D eigenvalue weighted by atomic mass is 10.3. The number of carboxylic acids is 2. The third kappa shape index (κ3) is 13.8. The van der Waals surface area contributed by atoms with Gasteiger partial charge in [0.15, 0.2) is 0 Å². The van der Waals surface area contributed by atoms with Crippen LogP contribution in [-0.4, -0.2) is 34.5 Å². The Balaban J connectivity index is 0. The molecule has 0 atom stereocenters. The first kappa shape index (κ1) is 20.8. The number of hydrogen-bond acceptors (Lipinski definition) is 3. The van der Waals surface area contributed by atoms with Crippen LogP contribution in [0.2, 0.25) is 0 Å². The molecule has 0 spiro atoms. The van der Waals surface area contributed by atoms with E-state index in [0.717, 1.165) is 5.69 Å². The van der Waals surface area contributed by atoms with Crippen molar-refractivity contribution in [1.29, 1.82) is 0 Å². The Hall–Kier alpha value is -2.46. The third-order valence-electron chi connectivity index (χ3n) is 1.28. The van der Waals surface area contributed by atoms with Crippen LogP contribution in [0, 0.1) is 0 Å². The Bertz CT molecular complexity index is 419. The molecule has 5 nitrogen and oxygen atoms in total. The van der Waals surface area contributed by atoms with Crippen molar-refractivity contribution in [2.24, 2.45) is 0 Å². The topological polar surface area (TPSA) is 101 Å². The van der Waals surface area contributed by atoms with Crippen molar-refractivity contribution < 1.29 is 46.1 Å². The van der Waals surface area contributed by atoms with Gasteiger partial charge in [0.05, 0.1) is 0 Å². The van der Waals surface area contributed by atoms with Gasteiger partial charge in [0.1, 0.15) is 0 Å². The molecule has 120 valence electrons. The van der Waals surface area contributed by atoms with Gasteiger partial charge in [-0.1, -0.05) is 18.2 Å². The zero-order chi connectivity index (χ0) is 17.3.